The molecule has 0 aromatic heterocycles. The van der Waals surface area contributed by atoms with Crippen molar-refractivity contribution in [3.05, 3.63) is 35.9 Å². The molecule has 30 heavy (non-hydrogen) atoms. The molecular weight excluding hydrogens is 392 g/mol. The van der Waals surface area contributed by atoms with Crippen LogP contribution in [0, 0.1) is 0 Å². The molecule has 0 aliphatic carbocycles. The molecule has 2 fully saturated rings. The van der Waals surface area contributed by atoms with Gasteiger partial charge in [0.1, 0.15) is 18.1 Å². The summed E-state index contributed by atoms with van der Waals surface area (Å²) in [7, 11) is 0. The van der Waals surface area contributed by atoms with Gasteiger partial charge in [-0.15, -0.1) is 0 Å². The number of likely N-dealkylation sites (tertiary alicyclic amines) is 1. The highest BCUT2D eigenvalue weighted by molar-refractivity contribution is 6.08. The normalized spacial score (nSPS) is 23.8. The molecule has 2 atom stereocenters. The first-order valence-corrected chi connectivity index (χ1v) is 9.68. The molecule has 0 unspecified atom stereocenters. The Bertz CT molecular complexity index is 873. The van der Waals surface area contributed by atoms with E-state index in [9.17, 15) is 24.0 Å². The van der Waals surface area contributed by atoms with Crippen molar-refractivity contribution in [3.8, 4) is 0 Å². The summed E-state index contributed by atoms with van der Waals surface area (Å²) in [6, 6.07) is 7.22. The zero-order valence-corrected chi connectivity index (χ0v) is 16.6. The van der Waals surface area contributed by atoms with Crippen LogP contribution in [0.25, 0.3) is 0 Å². The van der Waals surface area contributed by atoms with E-state index < -0.39 is 54.5 Å². The lowest BCUT2D eigenvalue weighted by Crippen LogP contribution is -2.51. The van der Waals surface area contributed by atoms with Gasteiger partial charge in [0.05, 0.1) is 0 Å². The number of nitrogens with one attached hydrogen (secondary N) is 1. The number of piperidine rings is 1. The Hall–Kier alpha value is -3.43. The highest BCUT2D eigenvalue weighted by atomic mass is 16.5. The van der Waals surface area contributed by atoms with E-state index in [1.165, 1.54) is 4.90 Å². The maximum atomic E-state index is 12.8. The van der Waals surface area contributed by atoms with Crippen LogP contribution in [0.4, 0.5) is 4.79 Å². The molecule has 5 amide bonds. The Morgan fingerprint density at radius 3 is 2.57 bits per heavy atom. The lowest BCUT2D eigenvalue weighted by atomic mass is 9.92. The van der Waals surface area contributed by atoms with Gasteiger partial charge >= 0.3 is 12.0 Å². The van der Waals surface area contributed by atoms with Gasteiger partial charge in [0, 0.05) is 6.54 Å². The highest BCUT2D eigenvalue weighted by Gasteiger charge is 2.49. The highest BCUT2D eigenvalue weighted by Crippen LogP contribution is 2.28. The second-order valence-electron chi connectivity index (χ2n) is 7.47. The number of urea groups is 1. The smallest absolute Gasteiger partial charge is 0.326 e. The number of imide groups is 1. The van der Waals surface area contributed by atoms with Gasteiger partial charge in [0.25, 0.3) is 11.8 Å². The molecule has 2 heterocycles. The molecule has 2 saturated heterocycles. The summed E-state index contributed by atoms with van der Waals surface area (Å²) in [5, 5.41) is 2.59. The fraction of sp³-hybridized carbons (Fsp3) is 0.450. The molecule has 0 saturated carbocycles. The molecule has 160 valence electrons. The summed E-state index contributed by atoms with van der Waals surface area (Å²) in [6.45, 7) is 0.687. The first-order chi connectivity index (χ1) is 14.2. The average Bonchev–Trinajstić information content (AvgIpc) is 2.96. The number of ether oxygens (including phenoxy) is 1. The minimum Gasteiger partial charge on any atom is -0.454 e. The van der Waals surface area contributed by atoms with Gasteiger partial charge in [-0.25, -0.2) is 4.79 Å². The third kappa shape index (κ3) is 4.12. The number of carbonyl (C=O) groups is 5. The van der Waals surface area contributed by atoms with Crippen LogP contribution < -0.4 is 11.1 Å². The molecule has 2 aliphatic heterocycles. The van der Waals surface area contributed by atoms with Crippen molar-refractivity contribution in [3.63, 3.8) is 0 Å². The van der Waals surface area contributed by atoms with E-state index in [4.69, 9.17) is 10.5 Å². The number of amides is 5. The van der Waals surface area contributed by atoms with Crippen molar-refractivity contribution in [1.82, 2.24) is 15.1 Å². The number of carbonyl (C=O) groups excluding carboxylic acids is 5. The van der Waals surface area contributed by atoms with Gasteiger partial charge in [0.2, 0.25) is 5.91 Å². The van der Waals surface area contributed by atoms with E-state index in [-0.39, 0.29) is 0 Å². The number of benzene rings is 1. The Morgan fingerprint density at radius 1 is 1.20 bits per heavy atom. The van der Waals surface area contributed by atoms with Crippen LogP contribution in [0.15, 0.2) is 30.3 Å². The molecule has 10 nitrogen and oxygen atoms in total. The Kier molecular flexibility index (Phi) is 6.04. The van der Waals surface area contributed by atoms with E-state index in [1.807, 2.05) is 0 Å². The number of hydrogen-bond acceptors (Lipinski definition) is 6. The Labute approximate surface area is 173 Å². The first kappa shape index (κ1) is 21.3. The van der Waals surface area contributed by atoms with E-state index in [0.29, 0.717) is 18.5 Å². The van der Waals surface area contributed by atoms with Gasteiger partial charge in [-0.3, -0.25) is 24.1 Å². The number of primary amides is 1. The maximum Gasteiger partial charge on any atom is 0.326 e. The molecule has 10 heteroatoms. The molecule has 0 spiro atoms. The molecule has 3 rings (SSSR count). The molecule has 1 aromatic carbocycles. The van der Waals surface area contributed by atoms with Gasteiger partial charge in [-0.05, 0) is 31.7 Å². The van der Waals surface area contributed by atoms with Gasteiger partial charge in [0.15, 0.2) is 6.61 Å². The summed E-state index contributed by atoms with van der Waals surface area (Å²) in [4.78, 5) is 63.2. The van der Waals surface area contributed by atoms with E-state index in [0.717, 1.165) is 17.7 Å². The van der Waals surface area contributed by atoms with Crippen molar-refractivity contribution in [2.24, 2.45) is 5.73 Å². The van der Waals surface area contributed by atoms with Crippen molar-refractivity contribution in [1.29, 1.82) is 0 Å². The lowest BCUT2D eigenvalue weighted by Gasteiger charge is -2.33. The second kappa shape index (κ2) is 8.52. The zero-order chi connectivity index (χ0) is 21.9. The van der Waals surface area contributed by atoms with Crippen LogP contribution in [0.2, 0.25) is 0 Å². The average molecular weight is 416 g/mol. The predicted molar refractivity (Wildman–Crippen MR) is 104 cm³/mol. The molecule has 0 radical (unpaired) electrons. The zero-order valence-electron chi connectivity index (χ0n) is 16.6. The standard InChI is InChI=1S/C20H24N4O6/c1-20(13-7-3-2-4-8-13)18(28)24(19(29)22-20)11-16(26)30-12-15(25)23-10-6-5-9-14(23)17(21)27/h2-4,7-8,14H,5-6,9-12H2,1H3,(H2,21,27)(H,22,29)/t14-,20-/m1/s1. The van der Waals surface area contributed by atoms with E-state index in [2.05, 4.69) is 5.32 Å². The number of nitrogens with zero attached hydrogens (tertiary/aromatic N) is 2. The third-order valence-electron chi connectivity index (χ3n) is 5.42. The quantitative estimate of drug-likeness (QED) is 0.489. The summed E-state index contributed by atoms with van der Waals surface area (Å²) >= 11 is 0. The van der Waals surface area contributed by atoms with Crippen molar-refractivity contribution < 1.29 is 28.7 Å². The van der Waals surface area contributed by atoms with Crippen LogP contribution in [0.5, 0.6) is 0 Å². The molecule has 0 bridgehead atoms. The molecule has 3 N–H and O–H groups in total. The topological polar surface area (TPSA) is 139 Å². The third-order valence-corrected chi connectivity index (χ3v) is 5.42. The summed E-state index contributed by atoms with van der Waals surface area (Å²) in [5.41, 5.74) is 4.62. The van der Waals surface area contributed by atoms with Crippen molar-refractivity contribution in [2.75, 3.05) is 19.7 Å². The molecule has 2 aliphatic rings. The lowest BCUT2D eigenvalue weighted by molar-refractivity contribution is -0.156. The number of nitrogens with two attached hydrogens (primary N) is 1. The van der Waals surface area contributed by atoms with Crippen molar-refractivity contribution in [2.45, 2.75) is 37.8 Å². The monoisotopic (exact) mass is 416 g/mol. The summed E-state index contributed by atoms with van der Waals surface area (Å²) < 4.78 is 4.96. The summed E-state index contributed by atoms with van der Waals surface area (Å²) in [6.07, 6.45) is 1.98. The van der Waals surface area contributed by atoms with E-state index in [1.54, 1.807) is 37.3 Å². The minimum atomic E-state index is -1.29. The molecular formula is C20H24N4O6. The summed E-state index contributed by atoms with van der Waals surface area (Å²) in [5.74, 6) is -2.64. The Balaban J connectivity index is 1.58. The van der Waals surface area contributed by atoms with Crippen LogP contribution >= 0.6 is 0 Å². The van der Waals surface area contributed by atoms with Gasteiger partial charge in [-0.1, -0.05) is 30.3 Å². The number of esters is 1. The fourth-order valence-corrected chi connectivity index (χ4v) is 3.73. The SMILES string of the molecule is C[C@]1(c2ccccc2)NC(=O)N(CC(=O)OCC(=O)N2CCCC[C@@H]2C(N)=O)C1=O. The van der Waals surface area contributed by atoms with Gasteiger partial charge in [-0.2, -0.15) is 0 Å². The van der Waals surface area contributed by atoms with Crippen LogP contribution in [0.1, 0.15) is 31.7 Å². The second-order valence-corrected chi connectivity index (χ2v) is 7.47. The largest absolute Gasteiger partial charge is 0.454 e. The number of rotatable bonds is 6. The molecule has 1 aromatic rings. The predicted octanol–water partition coefficient (Wildman–Crippen LogP) is -0.137. The minimum absolute atomic E-state index is 0.354. The van der Waals surface area contributed by atoms with Gasteiger partial charge < -0.3 is 20.7 Å². The van der Waals surface area contributed by atoms with E-state index >= 15 is 0 Å². The van der Waals surface area contributed by atoms with Crippen molar-refractivity contribution >= 4 is 29.7 Å². The van der Waals surface area contributed by atoms with Crippen LogP contribution in [0.3, 0.4) is 0 Å². The number of hydrogen-bond donors (Lipinski definition) is 2. The first-order valence-electron chi connectivity index (χ1n) is 9.68. The Morgan fingerprint density at radius 2 is 1.90 bits per heavy atom. The van der Waals surface area contributed by atoms with Crippen LogP contribution in [-0.4, -0.2) is 65.3 Å². The fourth-order valence-electron chi connectivity index (χ4n) is 3.73. The maximum absolute atomic E-state index is 12.8. The van der Waals surface area contributed by atoms with Crippen LogP contribution in [-0.2, 0) is 29.5 Å².